The fraction of sp³-hybridized carbons (Fsp3) is 0.172. The first-order valence-electron chi connectivity index (χ1n) is 12.7. The smallest absolute Gasteiger partial charge is 0.319 e. The maximum absolute atomic E-state index is 12.9. The third-order valence-electron chi connectivity index (χ3n) is 7.24. The lowest BCUT2D eigenvalue weighted by Gasteiger charge is -2.29. The molecule has 0 bridgehead atoms. The van der Waals surface area contributed by atoms with Crippen molar-refractivity contribution >= 4 is 57.7 Å². The molecule has 200 valence electrons. The summed E-state index contributed by atoms with van der Waals surface area (Å²) in [5.74, 6) is -1.91. The number of carbonyl (C=O) groups excluding carboxylic acids is 6. The summed E-state index contributed by atoms with van der Waals surface area (Å²) in [6.07, 6.45) is 2.91. The highest BCUT2D eigenvalue weighted by molar-refractivity contribution is 6.30. The molecule has 0 spiro atoms. The largest absolute Gasteiger partial charge is 0.334 e. The molecule has 11 heteroatoms. The number of carbonyl (C=O) groups is 6. The number of piperidine rings is 1. The molecular weight excluding hydrogens is 514 g/mol. The van der Waals surface area contributed by atoms with Crippen LogP contribution >= 0.6 is 0 Å². The monoisotopic (exact) mass is 537 g/mol. The number of anilines is 2. The van der Waals surface area contributed by atoms with E-state index in [0.29, 0.717) is 27.7 Å². The molecule has 0 radical (unpaired) electrons. The lowest BCUT2D eigenvalue weighted by Crippen LogP contribution is -2.52. The molecule has 0 aromatic heterocycles. The lowest BCUT2D eigenvalue weighted by molar-refractivity contribution is -0.137. The van der Waals surface area contributed by atoms with Crippen LogP contribution in [0, 0.1) is 0 Å². The number of amides is 7. The van der Waals surface area contributed by atoms with Crippen LogP contribution < -0.4 is 20.9 Å². The minimum atomic E-state index is -0.691. The number of hydrogen-bond donors (Lipinski definition) is 3. The second-order valence-corrected chi connectivity index (χ2v) is 9.72. The van der Waals surface area contributed by atoms with Gasteiger partial charge in [0, 0.05) is 48.0 Å². The summed E-state index contributed by atoms with van der Waals surface area (Å²) >= 11 is 0. The highest BCUT2D eigenvalue weighted by Crippen LogP contribution is 2.33. The topological polar surface area (TPSA) is 145 Å². The molecule has 7 amide bonds. The van der Waals surface area contributed by atoms with Crippen molar-refractivity contribution in [1.29, 1.82) is 0 Å². The zero-order valence-electron chi connectivity index (χ0n) is 21.1. The fourth-order valence-corrected chi connectivity index (χ4v) is 5.32. The first kappa shape index (κ1) is 25.0. The van der Waals surface area contributed by atoms with Crippen molar-refractivity contribution in [3.8, 4) is 0 Å². The predicted molar refractivity (Wildman–Crippen MR) is 144 cm³/mol. The minimum absolute atomic E-state index is 0.185. The van der Waals surface area contributed by atoms with Gasteiger partial charge in [-0.05, 0) is 35.7 Å². The van der Waals surface area contributed by atoms with E-state index in [4.69, 9.17) is 0 Å². The summed E-state index contributed by atoms with van der Waals surface area (Å²) in [5, 5.41) is 9.21. The number of imide groups is 2. The van der Waals surface area contributed by atoms with E-state index in [1.165, 1.54) is 17.1 Å². The molecule has 1 unspecified atom stereocenters. The van der Waals surface area contributed by atoms with Gasteiger partial charge in [0.2, 0.25) is 11.8 Å². The Bertz CT molecular complexity index is 1660. The van der Waals surface area contributed by atoms with Gasteiger partial charge in [0.15, 0.2) is 0 Å². The van der Waals surface area contributed by atoms with Gasteiger partial charge in [-0.2, -0.15) is 0 Å². The zero-order chi connectivity index (χ0) is 28.0. The fourth-order valence-electron chi connectivity index (χ4n) is 5.32. The molecule has 3 N–H and O–H groups in total. The van der Waals surface area contributed by atoms with Gasteiger partial charge in [-0.25, -0.2) is 9.69 Å². The number of fused-ring (bicyclic) bond motifs is 2. The predicted octanol–water partition coefficient (Wildman–Crippen LogP) is 2.35. The molecule has 1 atom stereocenters. The molecule has 3 aromatic rings. The highest BCUT2D eigenvalue weighted by atomic mass is 16.2. The Kier molecular flexibility index (Phi) is 6.10. The third-order valence-corrected chi connectivity index (χ3v) is 7.24. The van der Waals surface area contributed by atoms with Gasteiger partial charge >= 0.3 is 6.03 Å². The first-order valence-corrected chi connectivity index (χ1v) is 12.7. The Morgan fingerprint density at radius 3 is 2.45 bits per heavy atom. The molecule has 3 aliphatic heterocycles. The molecule has 1 fully saturated rings. The van der Waals surface area contributed by atoms with Crippen molar-refractivity contribution in [3.05, 3.63) is 83.4 Å². The van der Waals surface area contributed by atoms with Gasteiger partial charge in [-0.15, -0.1) is 0 Å². The van der Waals surface area contributed by atoms with Gasteiger partial charge in [0.25, 0.3) is 17.7 Å². The average Bonchev–Trinajstić information content (AvgIpc) is 3.44. The summed E-state index contributed by atoms with van der Waals surface area (Å²) in [7, 11) is 0. The van der Waals surface area contributed by atoms with Gasteiger partial charge in [0.1, 0.15) is 6.04 Å². The van der Waals surface area contributed by atoms with E-state index in [-0.39, 0.29) is 37.7 Å². The van der Waals surface area contributed by atoms with Crippen molar-refractivity contribution in [3.63, 3.8) is 0 Å². The van der Waals surface area contributed by atoms with Crippen LogP contribution in [0.4, 0.5) is 16.2 Å². The standard InChI is InChI=1S/C29H23N5O6/c35-24-10-9-23(27(38)32-24)33-15-17-13-16(7-8-18(17)28(33)39)14-30-29(40)31-21-5-1-4-20-19(21)3-2-6-22(20)34-25(36)11-12-26(34)37/h1-8,11-13,23H,9-10,14-15H2,(H2,30,31,40)(H,32,35,38). The van der Waals surface area contributed by atoms with E-state index >= 15 is 0 Å². The summed E-state index contributed by atoms with van der Waals surface area (Å²) in [4.78, 5) is 76.4. The SMILES string of the molecule is O=C1CCC(N2Cc3cc(CNC(=O)Nc4cccc5c(N6C(=O)C=CC6=O)cccc45)ccc3C2=O)C(=O)N1. The highest BCUT2D eigenvalue weighted by Gasteiger charge is 2.39. The molecule has 3 heterocycles. The Hall–Kier alpha value is -5.32. The van der Waals surface area contributed by atoms with E-state index in [0.717, 1.165) is 16.0 Å². The Morgan fingerprint density at radius 1 is 0.925 bits per heavy atom. The molecular formula is C29H23N5O6. The van der Waals surface area contributed by atoms with Crippen LogP contribution in [0.3, 0.4) is 0 Å². The summed E-state index contributed by atoms with van der Waals surface area (Å²) in [5.41, 5.74) is 2.95. The van der Waals surface area contributed by atoms with Crippen LogP contribution in [0.1, 0.15) is 34.3 Å². The van der Waals surface area contributed by atoms with Crippen molar-refractivity contribution in [2.24, 2.45) is 0 Å². The summed E-state index contributed by atoms with van der Waals surface area (Å²) in [6.45, 7) is 0.431. The summed E-state index contributed by atoms with van der Waals surface area (Å²) < 4.78 is 0. The Morgan fingerprint density at radius 2 is 1.68 bits per heavy atom. The Balaban J connectivity index is 1.13. The molecule has 3 aromatic carbocycles. The van der Waals surface area contributed by atoms with Crippen LogP contribution in [0.15, 0.2) is 66.7 Å². The van der Waals surface area contributed by atoms with Crippen LogP contribution in [0.5, 0.6) is 0 Å². The van der Waals surface area contributed by atoms with Crippen LogP contribution in [-0.2, 0) is 32.3 Å². The number of rotatable bonds is 5. The lowest BCUT2D eigenvalue weighted by atomic mass is 10.0. The zero-order valence-corrected chi connectivity index (χ0v) is 21.1. The maximum Gasteiger partial charge on any atom is 0.319 e. The molecule has 0 saturated carbocycles. The normalized spacial score (nSPS) is 18.4. The molecule has 40 heavy (non-hydrogen) atoms. The number of nitrogens with one attached hydrogen (secondary N) is 3. The molecule has 6 rings (SSSR count). The summed E-state index contributed by atoms with van der Waals surface area (Å²) in [6, 6.07) is 14.5. The van der Waals surface area contributed by atoms with E-state index in [9.17, 15) is 28.8 Å². The number of hydrogen-bond acceptors (Lipinski definition) is 6. The van der Waals surface area contributed by atoms with Crippen LogP contribution in [-0.4, -0.2) is 46.5 Å². The van der Waals surface area contributed by atoms with Crippen molar-refractivity contribution in [2.75, 3.05) is 10.2 Å². The van der Waals surface area contributed by atoms with Crippen molar-refractivity contribution in [1.82, 2.24) is 15.5 Å². The van der Waals surface area contributed by atoms with E-state index < -0.39 is 29.8 Å². The third kappa shape index (κ3) is 4.37. The second kappa shape index (κ2) is 9.77. The number of benzene rings is 3. The Labute approximate surface area is 227 Å². The molecule has 11 nitrogen and oxygen atoms in total. The second-order valence-electron chi connectivity index (χ2n) is 9.72. The molecule has 0 aliphatic carbocycles. The number of nitrogens with zero attached hydrogens (tertiary/aromatic N) is 2. The average molecular weight is 538 g/mol. The van der Waals surface area contributed by atoms with E-state index in [2.05, 4.69) is 16.0 Å². The van der Waals surface area contributed by atoms with E-state index in [1.807, 2.05) is 6.07 Å². The van der Waals surface area contributed by atoms with Gasteiger partial charge < -0.3 is 15.5 Å². The number of urea groups is 1. The quantitative estimate of drug-likeness (QED) is 0.426. The van der Waals surface area contributed by atoms with Crippen molar-refractivity contribution in [2.45, 2.75) is 32.0 Å². The minimum Gasteiger partial charge on any atom is -0.334 e. The molecule has 3 aliphatic rings. The maximum atomic E-state index is 12.9. The van der Waals surface area contributed by atoms with Crippen molar-refractivity contribution < 1.29 is 28.8 Å². The van der Waals surface area contributed by atoms with Crippen LogP contribution in [0.2, 0.25) is 0 Å². The van der Waals surface area contributed by atoms with Crippen LogP contribution in [0.25, 0.3) is 10.8 Å². The molecule has 1 saturated heterocycles. The van der Waals surface area contributed by atoms with Gasteiger partial charge in [-0.1, -0.05) is 36.4 Å². The first-order chi connectivity index (χ1) is 19.3. The van der Waals surface area contributed by atoms with Gasteiger partial charge in [0.05, 0.1) is 11.4 Å². The van der Waals surface area contributed by atoms with Gasteiger partial charge in [-0.3, -0.25) is 29.3 Å². The van der Waals surface area contributed by atoms with E-state index in [1.54, 1.807) is 48.5 Å².